The third-order valence-electron chi connectivity index (χ3n) is 6.42. The highest BCUT2D eigenvalue weighted by molar-refractivity contribution is 5.98. The molecule has 0 unspecified atom stereocenters. The van der Waals surface area contributed by atoms with Gasteiger partial charge in [-0.25, -0.2) is 14.4 Å². The molecule has 2 N–H and O–H groups in total. The third kappa shape index (κ3) is 3.37. The highest BCUT2D eigenvalue weighted by Crippen LogP contribution is 2.39. The van der Waals surface area contributed by atoms with E-state index < -0.39 is 11.7 Å². The van der Waals surface area contributed by atoms with E-state index in [0.29, 0.717) is 41.1 Å². The minimum Gasteiger partial charge on any atom is -0.493 e. The molecule has 0 bridgehead atoms. The Morgan fingerprint density at radius 3 is 2.89 bits per heavy atom. The molecule has 0 saturated carbocycles. The molecule has 0 saturated heterocycles. The molecule has 6 rings (SSSR count). The molecule has 0 fully saturated rings. The van der Waals surface area contributed by atoms with Crippen LogP contribution in [0.2, 0.25) is 0 Å². The van der Waals surface area contributed by atoms with Crippen LogP contribution in [-0.2, 0) is 0 Å². The maximum atomic E-state index is 15.1. The number of benzene rings is 2. The third-order valence-corrected chi connectivity index (χ3v) is 6.42. The van der Waals surface area contributed by atoms with Crippen LogP contribution in [0.25, 0.3) is 27.9 Å². The molecule has 2 aromatic carbocycles. The van der Waals surface area contributed by atoms with Crippen molar-refractivity contribution >= 4 is 28.3 Å². The molecule has 0 aliphatic carbocycles. The van der Waals surface area contributed by atoms with Crippen molar-refractivity contribution in [3.8, 4) is 17.1 Å². The second-order valence-electron chi connectivity index (χ2n) is 8.62. The van der Waals surface area contributed by atoms with E-state index in [9.17, 15) is 4.79 Å². The van der Waals surface area contributed by atoms with E-state index in [0.717, 1.165) is 16.8 Å². The van der Waals surface area contributed by atoms with E-state index in [1.807, 2.05) is 31.2 Å². The highest BCUT2D eigenvalue weighted by atomic mass is 19.1. The first-order chi connectivity index (χ1) is 16.9. The lowest BCUT2D eigenvalue weighted by molar-refractivity contribution is 0.0682. The Morgan fingerprint density at radius 2 is 2.09 bits per heavy atom. The van der Waals surface area contributed by atoms with Gasteiger partial charge in [0.15, 0.2) is 5.76 Å². The SMILES string of the molecule is Cc1cc(-c2ccc3c(c2)OCC[C@H]3N(C)C(=O)c2cc3c(cc2F)nc(N)c2cncn23)on1. The maximum Gasteiger partial charge on any atom is 0.257 e. The number of nitrogen functional groups attached to an aromatic ring is 1. The van der Waals surface area contributed by atoms with Gasteiger partial charge in [-0.1, -0.05) is 17.3 Å². The number of imidazole rings is 1. The van der Waals surface area contributed by atoms with Crippen LogP contribution in [-0.4, -0.2) is 44.0 Å². The molecule has 9 nitrogen and oxygen atoms in total. The molecule has 0 radical (unpaired) electrons. The fourth-order valence-electron chi connectivity index (χ4n) is 4.62. The first kappa shape index (κ1) is 21.1. The van der Waals surface area contributed by atoms with Gasteiger partial charge < -0.3 is 19.9 Å². The van der Waals surface area contributed by atoms with E-state index in [1.165, 1.54) is 12.1 Å². The largest absolute Gasteiger partial charge is 0.493 e. The van der Waals surface area contributed by atoms with E-state index in [4.69, 9.17) is 15.0 Å². The van der Waals surface area contributed by atoms with E-state index in [-0.39, 0.29) is 17.4 Å². The smallest absolute Gasteiger partial charge is 0.257 e. The number of aryl methyl sites for hydroxylation is 1. The summed E-state index contributed by atoms with van der Waals surface area (Å²) in [5.41, 5.74) is 9.85. The Balaban J connectivity index is 1.37. The first-order valence-corrected chi connectivity index (χ1v) is 11.1. The maximum absolute atomic E-state index is 15.1. The number of carbonyl (C=O) groups excluding carboxylic acids is 1. The number of hydrogen-bond acceptors (Lipinski definition) is 7. The molecule has 1 atom stereocenters. The number of halogens is 1. The van der Waals surface area contributed by atoms with Gasteiger partial charge in [-0.05, 0) is 19.1 Å². The number of rotatable bonds is 3. The zero-order valence-electron chi connectivity index (χ0n) is 19.0. The zero-order chi connectivity index (χ0) is 24.3. The number of amides is 1. The van der Waals surface area contributed by atoms with Crippen LogP contribution in [0.4, 0.5) is 10.2 Å². The van der Waals surface area contributed by atoms with Gasteiger partial charge in [0.05, 0.1) is 47.5 Å². The van der Waals surface area contributed by atoms with Gasteiger partial charge >= 0.3 is 0 Å². The van der Waals surface area contributed by atoms with Crippen molar-refractivity contribution in [1.29, 1.82) is 0 Å². The average molecular weight is 472 g/mol. The van der Waals surface area contributed by atoms with Crippen LogP contribution >= 0.6 is 0 Å². The fourth-order valence-corrected chi connectivity index (χ4v) is 4.62. The Kier molecular flexibility index (Phi) is 4.70. The summed E-state index contributed by atoms with van der Waals surface area (Å²) in [6.45, 7) is 2.28. The zero-order valence-corrected chi connectivity index (χ0v) is 19.0. The number of aromatic nitrogens is 4. The highest BCUT2D eigenvalue weighted by Gasteiger charge is 2.30. The summed E-state index contributed by atoms with van der Waals surface area (Å²) in [6, 6.07) is 9.98. The minimum absolute atomic E-state index is 0.0524. The Labute approximate surface area is 198 Å². The van der Waals surface area contributed by atoms with Crippen molar-refractivity contribution in [1.82, 2.24) is 24.4 Å². The van der Waals surface area contributed by atoms with Crippen LogP contribution in [0.1, 0.15) is 34.1 Å². The number of fused-ring (bicyclic) bond motifs is 4. The number of nitrogens with two attached hydrogens (primary N) is 1. The summed E-state index contributed by atoms with van der Waals surface area (Å²) in [5.74, 6) is 0.431. The van der Waals surface area contributed by atoms with Crippen molar-refractivity contribution in [3.05, 3.63) is 71.6 Å². The Morgan fingerprint density at radius 1 is 1.23 bits per heavy atom. The molecule has 35 heavy (non-hydrogen) atoms. The average Bonchev–Trinajstić information content (AvgIpc) is 3.52. The summed E-state index contributed by atoms with van der Waals surface area (Å²) in [4.78, 5) is 23.4. The molecule has 176 valence electrons. The number of hydrogen-bond donors (Lipinski definition) is 1. The van der Waals surface area contributed by atoms with E-state index in [1.54, 1.807) is 28.9 Å². The predicted molar refractivity (Wildman–Crippen MR) is 126 cm³/mol. The topological polar surface area (TPSA) is 112 Å². The summed E-state index contributed by atoms with van der Waals surface area (Å²) in [5, 5.41) is 3.93. The summed E-state index contributed by atoms with van der Waals surface area (Å²) < 4.78 is 28.0. The molecule has 1 amide bonds. The standard InChI is InChI=1S/C25H21FN6O3/c1-13-7-22(35-30-13)14-3-4-15-19(5-6-34-23(15)8-14)31(2)25(33)16-9-20-18(10-17(16)26)29-24(27)21-11-28-12-32(20)21/h3-4,7-12,19H,5-6H2,1-2H3,(H2,27,29)/t19-/m1/s1. The molecule has 5 aromatic rings. The van der Waals surface area contributed by atoms with Crippen molar-refractivity contribution in [2.45, 2.75) is 19.4 Å². The molecular formula is C25H21FN6O3. The quantitative estimate of drug-likeness (QED) is 0.420. The lowest BCUT2D eigenvalue weighted by Gasteiger charge is -2.33. The monoisotopic (exact) mass is 472 g/mol. The fraction of sp³-hybridized carbons (Fsp3) is 0.200. The number of anilines is 1. The van der Waals surface area contributed by atoms with Gasteiger partial charge in [0.1, 0.15) is 22.9 Å². The van der Waals surface area contributed by atoms with Gasteiger partial charge in [-0.15, -0.1) is 0 Å². The Bertz CT molecular complexity index is 1620. The van der Waals surface area contributed by atoms with Crippen molar-refractivity contribution in [2.75, 3.05) is 19.4 Å². The van der Waals surface area contributed by atoms with Crippen LogP contribution < -0.4 is 10.5 Å². The van der Waals surface area contributed by atoms with Crippen molar-refractivity contribution in [3.63, 3.8) is 0 Å². The summed E-state index contributed by atoms with van der Waals surface area (Å²) in [7, 11) is 1.67. The predicted octanol–water partition coefficient (Wildman–Crippen LogP) is 4.16. The molecule has 0 spiro atoms. The molecule has 10 heteroatoms. The van der Waals surface area contributed by atoms with E-state index in [2.05, 4.69) is 15.1 Å². The molecule has 3 aromatic heterocycles. The molecular weight excluding hydrogens is 451 g/mol. The second kappa shape index (κ2) is 7.79. The van der Waals surface area contributed by atoms with Gasteiger partial charge in [0.25, 0.3) is 5.91 Å². The van der Waals surface area contributed by atoms with Crippen LogP contribution in [0.3, 0.4) is 0 Å². The van der Waals surface area contributed by atoms with Gasteiger partial charge in [-0.3, -0.25) is 9.20 Å². The summed E-state index contributed by atoms with van der Waals surface area (Å²) >= 11 is 0. The molecule has 4 heterocycles. The van der Waals surface area contributed by atoms with Crippen LogP contribution in [0, 0.1) is 12.7 Å². The van der Waals surface area contributed by atoms with E-state index >= 15 is 4.39 Å². The van der Waals surface area contributed by atoms with Crippen molar-refractivity contribution < 1.29 is 18.4 Å². The number of carbonyl (C=O) groups is 1. The van der Waals surface area contributed by atoms with Crippen LogP contribution in [0.5, 0.6) is 5.75 Å². The lowest BCUT2D eigenvalue weighted by atomic mass is 9.96. The van der Waals surface area contributed by atoms with Crippen LogP contribution in [0.15, 0.2) is 53.4 Å². The lowest BCUT2D eigenvalue weighted by Crippen LogP contribution is -2.34. The molecule has 1 aliphatic heterocycles. The first-order valence-electron chi connectivity index (χ1n) is 11.1. The Hall–Kier alpha value is -4.47. The minimum atomic E-state index is -0.663. The van der Waals surface area contributed by atoms with Gasteiger partial charge in [0.2, 0.25) is 0 Å². The summed E-state index contributed by atoms with van der Waals surface area (Å²) in [6.07, 6.45) is 3.72. The van der Waals surface area contributed by atoms with Gasteiger partial charge in [0, 0.05) is 36.7 Å². The van der Waals surface area contributed by atoms with Gasteiger partial charge in [-0.2, -0.15) is 0 Å². The number of nitrogens with zero attached hydrogens (tertiary/aromatic N) is 5. The second-order valence-corrected chi connectivity index (χ2v) is 8.62. The normalized spacial score (nSPS) is 15.2. The van der Waals surface area contributed by atoms with Crippen molar-refractivity contribution in [2.24, 2.45) is 0 Å². The molecule has 1 aliphatic rings. The number of ether oxygens (including phenoxy) is 1.